The Kier molecular flexibility index (Phi) is 8.93. The molecule has 3 amide bonds. The molecule has 2 unspecified atom stereocenters. The molecule has 3 aliphatic rings. The number of thioether (sulfide) groups is 1. The summed E-state index contributed by atoms with van der Waals surface area (Å²) in [5.74, 6) is 0.600. The van der Waals surface area contributed by atoms with Gasteiger partial charge >= 0.3 is 0 Å². The molecule has 4 rings (SSSR count). The Morgan fingerprint density at radius 2 is 1.97 bits per heavy atom. The van der Waals surface area contributed by atoms with Crippen molar-refractivity contribution in [2.24, 2.45) is 5.41 Å². The molecule has 9 heteroatoms. The van der Waals surface area contributed by atoms with Crippen LogP contribution in [0.1, 0.15) is 63.1 Å². The minimum absolute atomic E-state index is 0. The summed E-state index contributed by atoms with van der Waals surface area (Å²) in [7, 11) is 1.73. The molecule has 0 bridgehead atoms. The van der Waals surface area contributed by atoms with E-state index in [1.165, 1.54) is 11.1 Å². The fourth-order valence-electron chi connectivity index (χ4n) is 5.31. The molecule has 7 nitrogen and oxygen atoms in total. The van der Waals surface area contributed by atoms with Gasteiger partial charge in [-0.15, -0.1) is 24.2 Å². The lowest BCUT2D eigenvalue weighted by molar-refractivity contribution is -0.137. The predicted octanol–water partition coefficient (Wildman–Crippen LogP) is 2.79. The molecule has 0 spiro atoms. The second kappa shape index (κ2) is 11.3. The van der Waals surface area contributed by atoms with Crippen molar-refractivity contribution in [3.63, 3.8) is 0 Å². The average molecular weight is 509 g/mol. The fraction of sp³-hybridized carbons (Fsp3) is 0.640. The third-order valence-electron chi connectivity index (χ3n) is 7.66. The molecule has 188 valence electrons. The van der Waals surface area contributed by atoms with Gasteiger partial charge in [-0.1, -0.05) is 31.2 Å². The van der Waals surface area contributed by atoms with E-state index in [1.54, 1.807) is 25.7 Å². The van der Waals surface area contributed by atoms with Crippen molar-refractivity contribution in [2.45, 2.75) is 75.9 Å². The molecule has 3 N–H and O–H groups in total. The SMILES string of the molecule is CCC1(C(=O)N[C@@H]2CCCc3ccccc32)C[C@@H]2SCC[C@H](NC(=O)C(C)NC)C(=O)N2C1.Cl. The molecule has 2 saturated heterocycles. The second-order valence-corrected chi connectivity index (χ2v) is 10.9. The first-order valence-electron chi connectivity index (χ1n) is 12.2. The number of carbonyl (C=O) groups excluding carboxylic acids is 3. The Morgan fingerprint density at radius 3 is 2.71 bits per heavy atom. The first-order chi connectivity index (χ1) is 15.9. The molecule has 2 fully saturated rings. The maximum absolute atomic E-state index is 13.7. The molecule has 0 saturated carbocycles. The van der Waals surface area contributed by atoms with Gasteiger partial charge in [-0.25, -0.2) is 0 Å². The van der Waals surface area contributed by atoms with Crippen LogP contribution in [0.3, 0.4) is 0 Å². The highest BCUT2D eigenvalue weighted by Gasteiger charge is 2.52. The third-order valence-corrected chi connectivity index (χ3v) is 8.94. The highest BCUT2D eigenvalue weighted by atomic mass is 35.5. The predicted molar refractivity (Wildman–Crippen MR) is 138 cm³/mol. The Morgan fingerprint density at radius 1 is 1.21 bits per heavy atom. The van der Waals surface area contributed by atoms with Crippen molar-refractivity contribution >= 4 is 41.9 Å². The summed E-state index contributed by atoms with van der Waals surface area (Å²) < 4.78 is 0. The van der Waals surface area contributed by atoms with Gasteiger partial charge in [0.05, 0.1) is 22.9 Å². The summed E-state index contributed by atoms with van der Waals surface area (Å²) in [6.45, 7) is 4.23. The zero-order valence-electron chi connectivity index (χ0n) is 20.3. The number of hydrogen-bond donors (Lipinski definition) is 3. The average Bonchev–Trinajstić information content (AvgIpc) is 3.16. The number of hydrogen-bond acceptors (Lipinski definition) is 5. The van der Waals surface area contributed by atoms with Crippen molar-refractivity contribution in [1.82, 2.24) is 20.9 Å². The lowest BCUT2D eigenvalue weighted by Crippen LogP contribution is -2.53. The Balaban J connectivity index is 0.00000324. The maximum atomic E-state index is 13.7. The lowest BCUT2D eigenvalue weighted by atomic mass is 9.81. The standard InChI is InChI=1S/C25H36N4O3S.ClH/c1-4-25(24(32)28-19-11-7-9-17-8-5-6-10-18(17)19)14-21-29(15-25)23(31)20(12-13-33-21)27-22(30)16(2)26-3;/h5-6,8,10,16,19-21,26H,4,7,9,11-15H2,1-3H3,(H,27,30)(H,28,32);1H/t16?,19-,20+,21+,25?;/m1./s1. The van der Waals surface area contributed by atoms with Crippen LogP contribution in [0.2, 0.25) is 0 Å². The fourth-order valence-corrected chi connectivity index (χ4v) is 6.75. The minimum Gasteiger partial charge on any atom is -0.349 e. The van der Waals surface area contributed by atoms with Crippen molar-refractivity contribution in [2.75, 3.05) is 19.3 Å². The number of fused-ring (bicyclic) bond motifs is 2. The van der Waals surface area contributed by atoms with Crippen molar-refractivity contribution in [3.8, 4) is 0 Å². The molecule has 1 aromatic rings. The largest absolute Gasteiger partial charge is 0.349 e. The van der Waals surface area contributed by atoms with E-state index in [-0.39, 0.29) is 47.6 Å². The van der Waals surface area contributed by atoms with Crippen LogP contribution in [0, 0.1) is 5.41 Å². The molecule has 1 aromatic carbocycles. The molecule has 1 aliphatic carbocycles. The zero-order valence-corrected chi connectivity index (χ0v) is 21.9. The van der Waals surface area contributed by atoms with E-state index in [4.69, 9.17) is 0 Å². The number of amides is 3. The van der Waals surface area contributed by atoms with Gasteiger partial charge in [-0.3, -0.25) is 14.4 Å². The van der Waals surface area contributed by atoms with Gasteiger partial charge in [-0.2, -0.15) is 0 Å². The zero-order chi connectivity index (χ0) is 23.6. The van der Waals surface area contributed by atoms with Crippen LogP contribution in [-0.2, 0) is 20.8 Å². The van der Waals surface area contributed by atoms with E-state index in [9.17, 15) is 14.4 Å². The van der Waals surface area contributed by atoms with E-state index in [1.807, 2.05) is 17.9 Å². The summed E-state index contributed by atoms with van der Waals surface area (Å²) in [6.07, 6.45) is 5.03. The number of aryl methyl sites for hydroxylation is 1. The molecule has 0 aromatic heterocycles. The van der Waals surface area contributed by atoms with E-state index >= 15 is 0 Å². The third kappa shape index (κ3) is 5.24. The molecular formula is C25H37ClN4O3S. The quantitative estimate of drug-likeness (QED) is 0.549. The van der Waals surface area contributed by atoms with Crippen LogP contribution in [0.4, 0.5) is 0 Å². The number of halogens is 1. The van der Waals surface area contributed by atoms with Crippen molar-refractivity contribution in [3.05, 3.63) is 35.4 Å². The van der Waals surface area contributed by atoms with Gasteiger partial charge in [-0.05, 0) is 69.4 Å². The van der Waals surface area contributed by atoms with E-state index in [0.717, 1.165) is 25.0 Å². The van der Waals surface area contributed by atoms with Crippen molar-refractivity contribution < 1.29 is 14.4 Å². The number of nitrogens with one attached hydrogen (secondary N) is 3. The summed E-state index contributed by atoms with van der Waals surface area (Å²) >= 11 is 1.73. The monoisotopic (exact) mass is 508 g/mol. The first-order valence-corrected chi connectivity index (χ1v) is 13.2. The Labute approximate surface area is 213 Å². The lowest BCUT2D eigenvalue weighted by Gasteiger charge is -2.32. The summed E-state index contributed by atoms with van der Waals surface area (Å²) in [6, 6.07) is 7.51. The first kappa shape index (κ1) is 26.8. The van der Waals surface area contributed by atoms with Gasteiger partial charge in [0.25, 0.3) is 0 Å². The summed E-state index contributed by atoms with van der Waals surface area (Å²) in [4.78, 5) is 41.3. The van der Waals surface area contributed by atoms with Crippen LogP contribution < -0.4 is 16.0 Å². The van der Waals surface area contributed by atoms with Crippen LogP contribution in [-0.4, -0.2) is 59.4 Å². The van der Waals surface area contributed by atoms with E-state index in [0.29, 0.717) is 25.8 Å². The molecule has 2 aliphatic heterocycles. The molecule has 34 heavy (non-hydrogen) atoms. The smallest absolute Gasteiger partial charge is 0.246 e. The molecule has 2 heterocycles. The highest BCUT2D eigenvalue weighted by molar-refractivity contribution is 7.99. The van der Waals surface area contributed by atoms with Crippen molar-refractivity contribution in [1.29, 1.82) is 0 Å². The number of nitrogens with zero attached hydrogens (tertiary/aromatic N) is 1. The van der Waals surface area contributed by atoms with E-state index in [2.05, 4.69) is 34.1 Å². The van der Waals surface area contributed by atoms with Gasteiger partial charge in [0.1, 0.15) is 6.04 Å². The normalized spacial score (nSPS) is 29.2. The van der Waals surface area contributed by atoms with Crippen LogP contribution >= 0.6 is 24.2 Å². The van der Waals surface area contributed by atoms with Gasteiger partial charge in [0, 0.05) is 6.54 Å². The topological polar surface area (TPSA) is 90.5 Å². The summed E-state index contributed by atoms with van der Waals surface area (Å²) in [5, 5.41) is 9.16. The minimum atomic E-state index is -0.593. The Hall–Kier alpha value is -1.77. The van der Waals surface area contributed by atoms with Crippen LogP contribution in [0.5, 0.6) is 0 Å². The number of likely N-dealkylation sites (N-methyl/N-ethyl adjacent to an activating group) is 1. The number of carbonyl (C=O) groups is 3. The summed E-state index contributed by atoms with van der Waals surface area (Å²) in [5.41, 5.74) is 1.95. The molecule has 5 atom stereocenters. The van der Waals surface area contributed by atoms with Gasteiger partial charge in [0.15, 0.2) is 0 Å². The Bertz CT molecular complexity index is 916. The molecular weight excluding hydrogens is 472 g/mol. The number of benzene rings is 1. The second-order valence-electron chi connectivity index (χ2n) is 9.61. The van der Waals surface area contributed by atoms with E-state index < -0.39 is 11.5 Å². The molecule has 0 radical (unpaired) electrons. The van der Waals surface area contributed by atoms with Crippen LogP contribution in [0.25, 0.3) is 0 Å². The van der Waals surface area contributed by atoms with Gasteiger partial charge < -0.3 is 20.9 Å². The number of rotatable bonds is 6. The maximum Gasteiger partial charge on any atom is 0.246 e. The van der Waals surface area contributed by atoms with Gasteiger partial charge in [0.2, 0.25) is 17.7 Å². The highest BCUT2D eigenvalue weighted by Crippen LogP contribution is 2.45. The van der Waals surface area contributed by atoms with Crippen LogP contribution in [0.15, 0.2) is 24.3 Å².